The average molecular weight is 227 g/mol. The number of nitrogens with one attached hydrogen (secondary N) is 1. The molecule has 0 saturated carbocycles. The minimum atomic E-state index is 0.0947. The Morgan fingerprint density at radius 2 is 2.31 bits per heavy atom. The van der Waals surface area contributed by atoms with Crippen LogP contribution in [0.1, 0.15) is 33.1 Å². The van der Waals surface area contributed by atoms with Gasteiger partial charge in [-0.2, -0.15) is 0 Å². The van der Waals surface area contributed by atoms with Crippen LogP contribution in [0, 0.1) is 5.41 Å². The van der Waals surface area contributed by atoms with Crippen molar-refractivity contribution in [1.29, 1.82) is 0 Å². The lowest BCUT2D eigenvalue weighted by molar-refractivity contribution is -0.123. The van der Waals surface area contributed by atoms with E-state index in [1.54, 1.807) is 0 Å². The Balaban J connectivity index is 1.71. The summed E-state index contributed by atoms with van der Waals surface area (Å²) in [5.74, 6) is 0.0956. The van der Waals surface area contributed by atoms with Crippen molar-refractivity contribution in [1.82, 2.24) is 5.32 Å². The summed E-state index contributed by atoms with van der Waals surface area (Å²) in [6.07, 6.45) is 2.49. The second-order valence-corrected chi connectivity index (χ2v) is 5.63. The first-order chi connectivity index (χ1) is 7.55. The normalized spacial score (nSPS) is 32.9. The molecule has 1 amide bonds. The molecule has 0 radical (unpaired) electrons. The lowest BCUT2D eigenvalue weighted by Crippen LogP contribution is -2.36. The zero-order chi connectivity index (χ0) is 11.6. The van der Waals surface area contributed by atoms with Crippen molar-refractivity contribution < 1.29 is 14.3 Å². The lowest BCUT2D eigenvalue weighted by atomic mass is 9.90. The summed E-state index contributed by atoms with van der Waals surface area (Å²) >= 11 is 0. The smallest absolute Gasteiger partial charge is 0.222 e. The van der Waals surface area contributed by atoms with Crippen LogP contribution in [0.25, 0.3) is 0 Å². The van der Waals surface area contributed by atoms with E-state index in [0.29, 0.717) is 13.0 Å². The Bertz CT molecular complexity index is 259. The van der Waals surface area contributed by atoms with Crippen molar-refractivity contribution in [3.8, 4) is 0 Å². The molecule has 16 heavy (non-hydrogen) atoms. The van der Waals surface area contributed by atoms with Gasteiger partial charge in [0, 0.05) is 6.61 Å². The summed E-state index contributed by atoms with van der Waals surface area (Å²) in [6.45, 7) is 6.53. The predicted octanol–water partition coefficient (Wildman–Crippen LogP) is 1.10. The molecule has 2 aliphatic rings. The first-order valence-electron chi connectivity index (χ1n) is 6.04. The van der Waals surface area contributed by atoms with E-state index in [4.69, 9.17) is 9.47 Å². The predicted molar refractivity (Wildman–Crippen MR) is 60.1 cm³/mol. The fourth-order valence-electron chi connectivity index (χ4n) is 2.35. The Hall–Kier alpha value is -0.610. The number of hydrogen-bond acceptors (Lipinski definition) is 3. The summed E-state index contributed by atoms with van der Waals surface area (Å²) in [6, 6.07) is 0.210. The molecule has 0 aliphatic carbocycles. The van der Waals surface area contributed by atoms with Crippen molar-refractivity contribution in [3.05, 3.63) is 0 Å². The van der Waals surface area contributed by atoms with Crippen LogP contribution in [-0.2, 0) is 14.3 Å². The summed E-state index contributed by atoms with van der Waals surface area (Å²) in [5.41, 5.74) is 0.224. The number of rotatable bonds is 3. The summed E-state index contributed by atoms with van der Waals surface area (Å²) in [7, 11) is 0. The largest absolute Gasteiger partial charge is 0.379 e. The van der Waals surface area contributed by atoms with Crippen LogP contribution >= 0.6 is 0 Å². The molecule has 2 aliphatic heterocycles. The molecular formula is C12H21NO3. The summed E-state index contributed by atoms with van der Waals surface area (Å²) in [5, 5.41) is 2.99. The Morgan fingerprint density at radius 1 is 1.50 bits per heavy atom. The third kappa shape index (κ3) is 3.19. The highest BCUT2D eigenvalue weighted by atomic mass is 16.5. The highest BCUT2D eigenvalue weighted by Crippen LogP contribution is 2.32. The van der Waals surface area contributed by atoms with E-state index < -0.39 is 0 Å². The van der Waals surface area contributed by atoms with Crippen molar-refractivity contribution in [2.24, 2.45) is 5.41 Å². The first-order valence-corrected chi connectivity index (χ1v) is 6.04. The molecule has 2 saturated heterocycles. The molecule has 0 bridgehead atoms. The van der Waals surface area contributed by atoms with E-state index in [2.05, 4.69) is 19.2 Å². The van der Waals surface area contributed by atoms with Crippen molar-refractivity contribution in [2.75, 3.05) is 19.8 Å². The fraction of sp³-hybridized carbons (Fsp3) is 0.917. The van der Waals surface area contributed by atoms with Gasteiger partial charge in [-0.05, 0) is 18.3 Å². The van der Waals surface area contributed by atoms with E-state index in [-0.39, 0.29) is 23.5 Å². The van der Waals surface area contributed by atoms with Gasteiger partial charge in [-0.15, -0.1) is 0 Å². The van der Waals surface area contributed by atoms with Gasteiger partial charge in [0.1, 0.15) is 0 Å². The molecule has 0 spiro atoms. The molecular weight excluding hydrogens is 206 g/mol. The maximum atomic E-state index is 11.7. The molecule has 0 aromatic rings. The Morgan fingerprint density at radius 3 is 2.88 bits per heavy atom. The Kier molecular flexibility index (Phi) is 3.50. The molecule has 92 valence electrons. The van der Waals surface area contributed by atoms with E-state index >= 15 is 0 Å². The number of carbonyl (C=O) groups excluding carboxylic acids is 1. The number of ether oxygens (including phenoxy) is 2. The highest BCUT2D eigenvalue weighted by Gasteiger charge is 2.33. The van der Waals surface area contributed by atoms with E-state index in [1.807, 2.05) is 0 Å². The zero-order valence-corrected chi connectivity index (χ0v) is 10.1. The molecule has 1 N–H and O–H groups in total. The molecule has 1 unspecified atom stereocenters. The van der Waals surface area contributed by atoms with Crippen LogP contribution in [-0.4, -0.2) is 37.9 Å². The highest BCUT2D eigenvalue weighted by molar-refractivity contribution is 5.76. The molecule has 0 aromatic heterocycles. The maximum Gasteiger partial charge on any atom is 0.222 e. The van der Waals surface area contributed by atoms with Gasteiger partial charge in [-0.25, -0.2) is 0 Å². The third-order valence-electron chi connectivity index (χ3n) is 3.20. The van der Waals surface area contributed by atoms with Crippen LogP contribution in [0.15, 0.2) is 0 Å². The van der Waals surface area contributed by atoms with Gasteiger partial charge in [0.2, 0.25) is 5.91 Å². The van der Waals surface area contributed by atoms with Crippen LogP contribution in [0.3, 0.4) is 0 Å². The van der Waals surface area contributed by atoms with Crippen molar-refractivity contribution in [2.45, 2.75) is 45.3 Å². The van der Waals surface area contributed by atoms with Gasteiger partial charge in [-0.3, -0.25) is 4.79 Å². The average Bonchev–Trinajstić information content (AvgIpc) is 2.76. The summed E-state index contributed by atoms with van der Waals surface area (Å²) < 4.78 is 10.8. The van der Waals surface area contributed by atoms with Gasteiger partial charge in [0.25, 0.3) is 0 Å². The zero-order valence-electron chi connectivity index (χ0n) is 10.1. The standard InChI is InChI=1S/C12H21NO3/c1-12(2)6-10(16-8-12)5-11(14)13-9-3-4-15-7-9/h9-10H,3-8H2,1-2H3,(H,13,14)/t9-,10?/m1/s1. The Labute approximate surface area is 96.7 Å². The van der Waals surface area contributed by atoms with E-state index in [0.717, 1.165) is 26.1 Å². The van der Waals surface area contributed by atoms with Crippen LogP contribution in [0.4, 0.5) is 0 Å². The molecule has 2 fully saturated rings. The third-order valence-corrected chi connectivity index (χ3v) is 3.20. The van der Waals surface area contributed by atoms with Crippen LogP contribution in [0.2, 0.25) is 0 Å². The van der Waals surface area contributed by atoms with Gasteiger partial charge < -0.3 is 14.8 Å². The molecule has 0 aromatic carbocycles. The van der Waals surface area contributed by atoms with Crippen molar-refractivity contribution in [3.63, 3.8) is 0 Å². The molecule has 2 atom stereocenters. The molecule has 2 heterocycles. The van der Waals surface area contributed by atoms with Gasteiger partial charge in [0.05, 0.1) is 31.8 Å². The second-order valence-electron chi connectivity index (χ2n) is 5.63. The van der Waals surface area contributed by atoms with Crippen LogP contribution < -0.4 is 5.32 Å². The van der Waals surface area contributed by atoms with E-state index in [9.17, 15) is 4.79 Å². The van der Waals surface area contributed by atoms with Crippen molar-refractivity contribution >= 4 is 5.91 Å². The minimum absolute atomic E-state index is 0.0947. The monoisotopic (exact) mass is 227 g/mol. The summed E-state index contributed by atoms with van der Waals surface area (Å²) in [4.78, 5) is 11.7. The number of hydrogen-bond donors (Lipinski definition) is 1. The topological polar surface area (TPSA) is 47.6 Å². The SMILES string of the molecule is CC1(C)COC(CC(=O)N[C@@H]2CCOC2)C1. The van der Waals surface area contributed by atoms with Gasteiger partial charge >= 0.3 is 0 Å². The van der Waals surface area contributed by atoms with Crippen LogP contribution in [0.5, 0.6) is 0 Å². The number of amides is 1. The molecule has 4 heteroatoms. The number of carbonyl (C=O) groups is 1. The molecule has 2 rings (SSSR count). The van der Waals surface area contributed by atoms with Gasteiger partial charge in [0.15, 0.2) is 0 Å². The first kappa shape index (κ1) is 11.9. The minimum Gasteiger partial charge on any atom is -0.379 e. The van der Waals surface area contributed by atoms with Gasteiger partial charge in [-0.1, -0.05) is 13.8 Å². The lowest BCUT2D eigenvalue weighted by Gasteiger charge is -2.15. The molecule has 4 nitrogen and oxygen atoms in total. The quantitative estimate of drug-likeness (QED) is 0.785. The van der Waals surface area contributed by atoms with E-state index in [1.165, 1.54) is 0 Å². The fourth-order valence-corrected chi connectivity index (χ4v) is 2.35. The maximum absolute atomic E-state index is 11.7. The second kappa shape index (κ2) is 4.72.